The highest BCUT2D eigenvalue weighted by Crippen LogP contribution is 2.11. The first kappa shape index (κ1) is 13.1. The van der Waals surface area contributed by atoms with Crippen molar-refractivity contribution < 1.29 is 8.78 Å². The van der Waals surface area contributed by atoms with E-state index in [1.165, 1.54) is 24.4 Å². The standard InChI is InChI=1S/C14H11F2N3/c15-13-2-1-3-14(16)12(13)9-18-8-11-5-4-10(6-17)7-19-11/h1-5,7,18H,8-9H2. The number of hydrogen-bond acceptors (Lipinski definition) is 3. The molecule has 1 heterocycles. The molecule has 0 aliphatic heterocycles. The van der Waals surface area contributed by atoms with Gasteiger partial charge in [0.1, 0.15) is 17.7 Å². The van der Waals surface area contributed by atoms with Crippen LogP contribution in [0.25, 0.3) is 0 Å². The monoisotopic (exact) mass is 259 g/mol. The van der Waals surface area contributed by atoms with E-state index in [1.54, 1.807) is 12.1 Å². The Labute approximate surface area is 109 Å². The summed E-state index contributed by atoms with van der Waals surface area (Å²) in [5.41, 5.74) is 1.19. The van der Waals surface area contributed by atoms with Crippen LogP contribution in [0.3, 0.4) is 0 Å². The zero-order valence-electron chi connectivity index (χ0n) is 10.0. The zero-order chi connectivity index (χ0) is 13.7. The summed E-state index contributed by atoms with van der Waals surface area (Å²) >= 11 is 0. The Balaban J connectivity index is 1.95. The molecule has 0 saturated heterocycles. The molecular weight excluding hydrogens is 248 g/mol. The molecule has 2 rings (SSSR count). The number of benzene rings is 1. The van der Waals surface area contributed by atoms with Gasteiger partial charge in [0.2, 0.25) is 0 Å². The van der Waals surface area contributed by atoms with E-state index in [4.69, 9.17) is 5.26 Å². The van der Waals surface area contributed by atoms with Crippen molar-refractivity contribution in [1.29, 1.82) is 5.26 Å². The van der Waals surface area contributed by atoms with Gasteiger partial charge < -0.3 is 5.32 Å². The van der Waals surface area contributed by atoms with E-state index >= 15 is 0 Å². The van der Waals surface area contributed by atoms with Crippen LogP contribution >= 0.6 is 0 Å². The average Bonchev–Trinajstić information content (AvgIpc) is 2.43. The number of aromatic nitrogens is 1. The van der Waals surface area contributed by atoms with Gasteiger partial charge in [-0.25, -0.2) is 8.78 Å². The molecule has 1 aromatic heterocycles. The number of hydrogen-bond donors (Lipinski definition) is 1. The number of rotatable bonds is 4. The van der Waals surface area contributed by atoms with Gasteiger partial charge in [0.15, 0.2) is 0 Å². The molecule has 96 valence electrons. The fourth-order valence-electron chi connectivity index (χ4n) is 1.61. The van der Waals surface area contributed by atoms with Crippen LogP contribution in [0.2, 0.25) is 0 Å². The molecule has 0 radical (unpaired) electrons. The second-order valence-electron chi connectivity index (χ2n) is 3.95. The smallest absolute Gasteiger partial charge is 0.130 e. The van der Waals surface area contributed by atoms with Crippen LogP contribution in [0.1, 0.15) is 16.8 Å². The van der Waals surface area contributed by atoms with E-state index in [9.17, 15) is 8.78 Å². The molecule has 0 spiro atoms. The topological polar surface area (TPSA) is 48.7 Å². The summed E-state index contributed by atoms with van der Waals surface area (Å²) in [6, 6.07) is 9.09. The van der Waals surface area contributed by atoms with Crippen LogP contribution in [-0.2, 0) is 13.1 Å². The Bertz CT molecular complexity index is 583. The predicted molar refractivity (Wildman–Crippen MR) is 65.9 cm³/mol. The third kappa shape index (κ3) is 3.33. The third-order valence-corrected chi connectivity index (χ3v) is 2.62. The zero-order valence-corrected chi connectivity index (χ0v) is 10.0. The van der Waals surface area contributed by atoms with Gasteiger partial charge in [-0.15, -0.1) is 0 Å². The summed E-state index contributed by atoms with van der Waals surface area (Å²) in [6.45, 7) is 0.458. The molecule has 19 heavy (non-hydrogen) atoms. The highest BCUT2D eigenvalue weighted by Gasteiger charge is 2.07. The summed E-state index contributed by atoms with van der Waals surface area (Å²) < 4.78 is 26.7. The highest BCUT2D eigenvalue weighted by molar-refractivity contribution is 5.26. The summed E-state index contributed by atoms with van der Waals surface area (Å²) in [4.78, 5) is 4.05. The number of nitriles is 1. The molecule has 2 aromatic rings. The van der Waals surface area contributed by atoms with Crippen LogP contribution in [0.15, 0.2) is 36.5 Å². The first-order valence-electron chi connectivity index (χ1n) is 5.69. The Morgan fingerprint density at radius 2 is 1.84 bits per heavy atom. The Hall–Kier alpha value is -2.32. The normalized spacial score (nSPS) is 10.2. The van der Waals surface area contributed by atoms with Crippen molar-refractivity contribution in [1.82, 2.24) is 10.3 Å². The van der Waals surface area contributed by atoms with E-state index in [1.807, 2.05) is 6.07 Å². The van der Waals surface area contributed by atoms with Crippen molar-refractivity contribution in [3.63, 3.8) is 0 Å². The van der Waals surface area contributed by atoms with Gasteiger partial charge in [-0.05, 0) is 24.3 Å². The predicted octanol–water partition coefficient (Wildman–Crippen LogP) is 2.52. The molecule has 1 aromatic carbocycles. The van der Waals surface area contributed by atoms with Crippen LogP contribution in [0.4, 0.5) is 8.78 Å². The van der Waals surface area contributed by atoms with Gasteiger partial charge in [0.25, 0.3) is 0 Å². The number of nitrogens with one attached hydrogen (secondary N) is 1. The third-order valence-electron chi connectivity index (χ3n) is 2.62. The fourth-order valence-corrected chi connectivity index (χ4v) is 1.61. The highest BCUT2D eigenvalue weighted by atomic mass is 19.1. The largest absolute Gasteiger partial charge is 0.307 e. The fraction of sp³-hybridized carbons (Fsp3) is 0.143. The maximum Gasteiger partial charge on any atom is 0.130 e. The van der Waals surface area contributed by atoms with Crippen molar-refractivity contribution in [3.05, 3.63) is 65.0 Å². The van der Waals surface area contributed by atoms with Crippen molar-refractivity contribution in [2.24, 2.45) is 0 Å². The molecule has 0 aliphatic carbocycles. The maximum absolute atomic E-state index is 13.3. The van der Waals surface area contributed by atoms with Crippen LogP contribution in [0, 0.1) is 23.0 Å². The minimum Gasteiger partial charge on any atom is -0.307 e. The van der Waals surface area contributed by atoms with Gasteiger partial charge in [-0.1, -0.05) is 6.07 Å². The molecule has 0 amide bonds. The molecule has 0 bridgehead atoms. The lowest BCUT2D eigenvalue weighted by molar-refractivity contribution is 0.534. The summed E-state index contributed by atoms with van der Waals surface area (Å²) in [7, 11) is 0. The van der Waals surface area contributed by atoms with Gasteiger partial charge in [-0.2, -0.15) is 5.26 Å². The van der Waals surface area contributed by atoms with Crippen molar-refractivity contribution in [2.75, 3.05) is 0 Å². The molecule has 0 aliphatic rings. The summed E-state index contributed by atoms with van der Waals surface area (Å²) in [6.07, 6.45) is 1.46. The Morgan fingerprint density at radius 3 is 2.42 bits per heavy atom. The molecule has 5 heteroatoms. The van der Waals surface area contributed by atoms with Crippen LogP contribution in [-0.4, -0.2) is 4.98 Å². The van der Waals surface area contributed by atoms with Crippen LogP contribution < -0.4 is 5.32 Å². The lowest BCUT2D eigenvalue weighted by atomic mass is 10.2. The van der Waals surface area contributed by atoms with E-state index in [0.29, 0.717) is 17.8 Å². The summed E-state index contributed by atoms with van der Waals surface area (Å²) in [5, 5.41) is 11.5. The second kappa shape index (κ2) is 6.03. The first-order chi connectivity index (χ1) is 9.20. The Morgan fingerprint density at radius 1 is 1.11 bits per heavy atom. The molecular formula is C14H11F2N3. The minimum atomic E-state index is -0.569. The SMILES string of the molecule is N#Cc1ccc(CNCc2c(F)cccc2F)nc1. The lowest BCUT2D eigenvalue weighted by Gasteiger charge is -2.06. The number of pyridine rings is 1. The molecule has 3 nitrogen and oxygen atoms in total. The van der Waals surface area contributed by atoms with Gasteiger partial charge >= 0.3 is 0 Å². The molecule has 0 unspecified atom stereocenters. The summed E-state index contributed by atoms with van der Waals surface area (Å²) in [5.74, 6) is -1.14. The molecule has 0 fully saturated rings. The van der Waals surface area contributed by atoms with E-state index in [-0.39, 0.29) is 12.1 Å². The Kier molecular flexibility index (Phi) is 4.16. The molecule has 0 atom stereocenters. The second-order valence-corrected chi connectivity index (χ2v) is 3.95. The lowest BCUT2D eigenvalue weighted by Crippen LogP contribution is -2.15. The van der Waals surface area contributed by atoms with E-state index in [0.717, 1.165) is 0 Å². The van der Waals surface area contributed by atoms with Gasteiger partial charge in [0, 0.05) is 24.8 Å². The van der Waals surface area contributed by atoms with Crippen molar-refractivity contribution in [3.8, 4) is 6.07 Å². The van der Waals surface area contributed by atoms with E-state index < -0.39 is 11.6 Å². The minimum absolute atomic E-state index is 0.0103. The first-order valence-corrected chi connectivity index (χ1v) is 5.69. The maximum atomic E-state index is 13.3. The van der Waals surface area contributed by atoms with Gasteiger partial charge in [-0.3, -0.25) is 4.98 Å². The van der Waals surface area contributed by atoms with E-state index in [2.05, 4.69) is 10.3 Å². The number of nitrogens with zero attached hydrogens (tertiary/aromatic N) is 2. The number of halogens is 2. The average molecular weight is 259 g/mol. The molecule has 0 saturated carbocycles. The van der Waals surface area contributed by atoms with Gasteiger partial charge in [0.05, 0.1) is 11.3 Å². The van der Waals surface area contributed by atoms with Crippen LogP contribution in [0.5, 0.6) is 0 Å². The van der Waals surface area contributed by atoms with Crippen molar-refractivity contribution >= 4 is 0 Å². The quantitative estimate of drug-likeness (QED) is 0.917. The van der Waals surface area contributed by atoms with Crippen molar-refractivity contribution in [2.45, 2.75) is 13.1 Å². The molecule has 1 N–H and O–H groups in total.